The number of carbonyl (C=O) groups is 6. The van der Waals surface area contributed by atoms with Gasteiger partial charge in [-0.3, -0.25) is 0 Å². The Kier molecular flexibility index (Phi) is 36.5. The molecule has 0 aliphatic carbocycles. The molecule has 0 aliphatic rings. The molecule has 0 unspecified atom stereocenters. The molecule has 0 saturated heterocycles. The Labute approximate surface area is 151 Å². The molecule has 0 aromatic heterocycles. The maximum atomic E-state index is 8.93. The van der Waals surface area contributed by atoms with Gasteiger partial charge in [0, 0.05) is 0 Å². The molecule has 1 radical (unpaired) electrons. The first kappa shape index (κ1) is 36.7. The average Bonchev–Trinajstić information content (AvgIpc) is 2.18. The first-order valence-electron chi connectivity index (χ1n) is 3.20. The van der Waals surface area contributed by atoms with E-state index >= 15 is 0 Å². The topological polar surface area (TPSA) is 241 Å². The molecule has 15 heteroatoms. The number of carbonyl (C=O) groups excluding carboxylic acids is 6. The van der Waals surface area contributed by atoms with Gasteiger partial charge in [0.1, 0.15) is 0 Å². The third kappa shape index (κ3) is 45.6. The van der Waals surface area contributed by atoms with E-state index in [1.807, 2.05) is 0 Å². The Hall–Kier alpha value is -1.40. The minimum atomic E-state index is -2.19. The molecule has 0 aliphatic heterocycles. The predicted molar refractivity (Wildman–Crippen MR) is 35.8 cm³/mol. The Morgan fingerprint density at radius 2 is 0.476 bits per heavy atom. The van der Waals surface area contributed by atoms with Crippen LogP contribution in [-0.4, -0.2) is 58.9 Å². The molecular weight excluding hydrogens is 402 g/mol. The molecule has 0 saturated carbocycles. The van der Waals surface area contributed by atoms with E-state index in [0.29, 0.717) is 0 Å². The Bertz CT molecular complexity index is 289. The summed E-state index contributed by atoms with van der Waals surface area (Å²) >= 11 is 0. The number of rotatable bonds is 0. The molecule has 12 nitrogen and oxygen atoms in total. The summed E-state index contributed by atoms with van der Waals surface area (Å²) in [6, 6.07) is 0. The van der Waals surface area contributed by atoms with E-state index in [9.17, 15) is 0 Å². The largest absolute Gasteiger partial charge is 2.00 e. The monoisotopic (exact) mass is 401 g/mol. The zero-order valence-corrected chi connectivity index (χ0v) is 12.9. The van der Waals surface area contributed by atoms with Gasteiger partial charge in [0.15, 0.2) is 0 Å². The zero-order valence-electron chi connectivity index (χ0n) is 9.30. The molecular formula is C6MgMnNiO12. The second kappa shape index (κ2) is 20.9. The number of carboxylic acids is 6. The van der Waals surface area contributed by atoms with Gasteiger partial charge in [0.25, 0.3) is 0 Å². The summed E-state index contributed by atoms with van der Waals surface area (Å²) in [5.74, 6) is -13.1. The summed E-state index contributed by atoms with van der Waals surface area (Å²) in [5.41, 5.74) is 0. The molecule has 0 bridgehead atoms. The quantitative estimate of drug-likeness (QED) is 0.271. The number of hydrogen-bond donors (Lipinski definition) is 0. The standard InChI is InChI=1S/3C2H2O4.Mg.Mn.Ni/c3*3-1(4)2(5)6;;;/h3*(H,3,4)(H,5,6);;;/q;;;3*+2/p-6. The first-order chi connectivity index (χ1) is 7.93. The van der Waals surface area contributed by atoms with Crippen molar-refractivity contribution in [3.05, 3.63) is 0 Å². The normalized spacial score (nSPS) is 6.29. The summed E-state index contributed by atoms with van der Waals surface area (Å²) in [5, 5.41) is 53.6. The maximum Gasteiger partial charge on any atom is 2.00 e. The molecule has 0 atom stereocenters. The van der Waals surface area contributed by atoms with Crippen molar-refractivity contribution in [2.75, 3.05) is 0 Å². The number of carboxylic acid groups (broad SMARTS) is 6. The van der Waals surface area contributed by atoms with Crippen LogP contribution in [0.1, 0.15) is 0 Å². The van der Waals surface area contributed by atoms with Crippen LogP contribution in [0.4, 0.5) is 0 Å². The summed E-state index contributed by atoms with van der Waals surface area (Å²) in [4.78, 5) is 53.6. The summed E-state index contributed by atoms with van der Waals surface area (Å²) in [6.07, 6.45) is 0. The van der Waals surface area contributed by atoms with Crippen LogP contribution in [0.25, 0.3) is 0 Å². The fraction of sp³-hybridized carbons (Fsp3) is 0. The van der Waals surface area contributed by atoms with Crippen LogP contribution in [0.3, 0.4) is 0 Å². The van der Waals surface area contributed by atoms with E-state index < -0.39 is 35.8 Å². The van der Waals surface area contributed by atoms with Crippen molar-refractivity contribution in [3.63, 3.8) is 0 Å². The molecule has 0 N–H and O–H groups in total. The zero-order chi connectivity index (χ0) is 15.5. The Morgan fingerprint density at radius 3 is 0.476 bits per heavy atom. The second-order valence-corrected chi connectivity index (χ2v) is 1.72. The van der Waals surface area contributed by atoms with Gasteiger partial charge < -0.3 is 59.4 Å². The van der Waals surface area contributed by atoms with Crippen molar-refractivity contribution < 1.29 is 93.0 Å². The molecule has 0 fully saturated rings. The van der Waals surface area contributed by atoms with E-state index in [1.54, 1.807) is 0 Å². The van der Waals surface area contributed by atoms with Crippen molar-refractivity contribution in [2.45, 2.75) is 0 Å². The molecule has 0 heterocycles. The Morgan fingerprint density at radius 1 is 0.429 bits per heavy atom. The molecule has 0 rings (SSSR count). The molecule has 0 amide bonds. The predicted octanol–water partition coefficient (Wildman–Crippen LogP) is -10.9. The van der Waals surface area contributed by atoms with E-state index in [-0.39, 0.29) is 56.6 Å². The minimum Gasteiger partial charge on any atom is -0.543 e. The van der Waals surface area contributed by atoms with E-state index in [4.69, 9.17) is 59.4 Å². The average molecular weight is 402 g/mol. The third-order valence-corrected chi connectivity index (χ3v) is 0.500. The van der Waals surface area contributed by atoms with Gasteiger partial charge in [-0.15, -0.1) is 0 Å². The van der Waals surface area contributed by atoms with Gasteiger partial charge >= 0.3 is 56.6 Å². The summed E-state index contributed by atoms with van der Waals surface area (Å²) < 4.78 is 0. The first-order valence-corrected chi connectivity index (χ1v) is 3.20. The Balaban J connectivity index is -0.0000000375. The minimum absolute atomic E-state index is 0. The molecule has 0 spiro atoms. The second-order valence-electron chi connectivity index (χ2n) is 1.72. The van der Waals surface area contributed by atoms with Crippen LogP contribution in [0.2, 0.25) is 0 Å². The van der Waals surface area contributed by atoms with Crippen LogP contribution < -0.4 is 30.6 Å². The van der Waals surface area contributed by atoms with Gasteiger partial charge in [-0.2, -0.15) is 0 Å². The van der Waals surface area contributed by atoms with Gasteiger partial charge in [0.2, 0.25) is 0 Å². The van der Waals surface area contributed by atoms with Crippen molar-refractivity contribution in [2.24, 2.45) is 0 Å². The molecule has 0 aromatic rings. The van der Waals surface area contributed by atoms with Crippen molar-refractivity contribution in [1.82, 2.24) is 0 Å². The fourth-order valence-electron chi connectivity index (χ4n) is 0. The van der Waals surface area contributed by atoms with Gasteiger partial charge in [-0.1, -0.05) is 0 Å². The third-order valence-electron chi connectivity index (χ3n) is 0.500. The van der Waals surface area contributed by atoms with Crippen molar-refractivity contribution in [1.29, 1.82) is 0 Å². The summed E-state index contributed by atoms with van der Waals surface area (Å²) in [7, 11) is 0. The molecule has 115 valence electrons. The maximum absolute atomic E-state index is 8.93. The van der Waals surface area contributed by atoms with Gasteiger partial charge in [-0.05, 0) is 0 Å². The number of aliphatic carboxylic acids is 6. The van der Waals surface area contributed by atoms with Crippen LogP contribution in [0.15, 0.2) is 0 Å². The SMILES string of the molecule is O=C([O-])C(=O)[O-].O=C([O-])C(=O)[O-].O=C([O-])C(=O)[O-].[Mg+2].[Mn+2].[Ni+2]. The van der Waals surface area contributed by atoms with E-state index in [2.05, 4.69) is 0 Å². The fourth-order valence-corrected chi connectivity index (χ4v) is 0. The summed E-state index contributed by atoms with van der Waals surface area (Å²) in [6.45, 7) is 0. The van der Waals surface area contributed by atoms with Gasteiger partial charge in [-0.25, -0.2) is 0 Å². The van der Waals surface area contributed by atoms with Crippen molar-refractivity contribution in [3.8, 4) is 0 Å². The molecule has 0 aromatic carbocycles. The smallest absolute Gasteiger partial charge is 0.543 e. The van der Waals surface area contributed by atoms with Crippen molar-refractivity contribution >= 4 is 58.9 Å². The van der Waals surface area contributed by atoms with E-state index in [1.165, 1.54) is 0 Å². The van der Waals surface area contributed by atoms with Gasteiger partial charge in [0.05, 0.1) is 35.8 Å². The van der Waals surface area contributed by atoms with Crippen LogP contribution >= 0.6 is 0 Å². The number of hydrogen-bond acceptors (Lipinski definition) is 12. The van der Waals surface area contributed by atoms with Crippen LogP contribution in [-0.2, 0) is 62.3 Å². The van der Waals surface area contributed by atoms with E-state index in [0.717, 1.165) is 0 Å². The van der Waals surface area contributed by atoms with Crippen LogP contribution in [0, 0.1) is 0 Å². The molecule has 21 heavy (non-hydrogen) atoms. The van der Waals surface area contributed by atoms with Crippen LogP contribution in [0.5, 0.6) is 0 Å².